The highest BCUT2D eigenvalue weighted by Crippen LogP contribution is 2.52. The Morgan fingerprint density at radius 1 is 0.548 bits per heavy atom. The number of hydrogen-bond acceptors (Lipinski definition) is 7. The minimum absolute atomic E-state index is 0.212. The number of rotatable bonds is 14. The van der Waals surface area contributed by atoms with Gasteiger partial charge < -0.3 is 22.8 Å². The smallest absolute Gasteiger partial charge is 0.335 e. The van der Waals surface area contributed by atoms with E-state index in [1.54, 1.807) is 27.7 Å². The fourth-order valence-electron chi connectivity index (χ4n) is 2.95. The molecule has 0 amide bonds. The van der Waals surface area contributed by atoms with Crippen LogP contribution in [0.1, 0.15) is 38.8 Å². The summed E-state index contributed by atoms with van der Waals surface area (Å²) in [5, 5.41) is 0. The molecule has 0 unspecified atom stereocenters. The highest BCUT2D eigenvalue weighted by atomic mass is 31.2. The molecule has 0 saturated heterocycles. The van der Waals surface area contributed by atoms with Crippen molar-refractivity contribution in [2.45, 2.75) is 40.0 Å². The summed E-state index contributed by atoms with van der Waals surface area (Å²) in [7, 11) is -6.28. The van der Waals surface area contributed by atoms with Crippen LogP contribution < -0.4 is 4.74 Å². The first-order valence-corrected chi connectivity index (χ1v) is 13.9. The van der Waals surface area contributed by atoms with Gasteiger partial charge in [-0.05, 0) is 63.1 Å². The molecule has 0 aliphatic heterocycles. The fraction of sp³-hybridized carbons (Fsp3) is 0.455. The molecule has 31 heavy (non-hydrogen) atoms. The average Bonchev–Trinajstić information content (AvgIpc) is 2.71. The monoisotopic (exact) mass is 470 g/mol. The summed E-state index contributed by atoms with van der Waals surface area (Å²) in [6, 6.07) is 14.6. The van der Waals surface area contributed by atoms with Crippen LogP contribution in [0.4, 0.5) is 0 Å². The van der Waals surface area contributed by atoms with Gasteiger partial charge in [-0.2, -0.15) is 0 Å². The third-order valence-corrected chi connectivity index (χ3v) is 8.25. The van der Waals surface area contributed by atoms with E-state index in [-0.39, 0.29) is 12.3 Å². The Morgan fingerprint density at radius 2 is 0.839 bits per heavy atom. The van der Waals surface area contributed by atoms with Gasteiger partial charge in [-0.25, -0.2) is 0 Å². The summed E-state index contributed by atoms with van der Waals surface area (Å²) in [6.07, 6.45) is 0.423. The lowest BCUT2D eigenvalue weighted by molar-refractivity contribution is 0.218. The zero-order valence-electron chi connectivity index (χ0n) is 18.6. The minimum Gasteiger partial charge on any atom is -0.457 e. The second-order valence-corrected chi connectivity index (χ2v) is 10.7. The van der Waals surface area contributed by atoms with Crippen molar-refractivity contribution in [3.8, 4) is 11.5 Å². The highest BCUT2D eigenvalue weighted by molar-refractivity contribution is 7.53. The topological polar surface area (TPSA) is 80.3 Å². The Morgan fingerprint density at radius 3 is 1.10 bits per heavy atom. The summed E-state index contributed by atoms with van der Waals surface area (Å²) in [4.78, 5) is 0. The molecule has 0 saturated carbocycles. The van der Waals surface area contributed by atoms with E-state index in [0.29, 0.717) is 37.9 Å². The van der Waals surface area contributed by atoms with Crippen LogP contribution in [0.2, 0.25) is 0 Å². The molecule has 0 bridgehead atoms. The van der Waals surface area contributed by atoms with Gasteiger partial charge in [-0.3, -0.25) is 9.13 Å². The molecule has 0 radical (unpaired) electrons. The first-order chi connectivity index (χ1) is 14.8. The van der Waals surface area contributed by atoms with Crippen LogP contribution in [-0.2, 0) is 39.5 Å². The zero-order valence-corrected chi connectivity index (χ0v) is 20.4. The van der Waals surface area contributed by atoms with Crippen LogP contribution in [0.3, 0.4) is 0 Å². The van der Waals surface area contributed by atoms with Crippen molar-refractivity contribution in [2.75, 3.05) is 26.4 Å². The van der Waals surface area contributed by atoms with Crippen LogP contribution in [0, 0.1) is 0 Å². The average molecular weight is 470 g/mol. The lowest BCUT2D eigenvalue weighted by Gasteiger charge is -2.17. The molecule has 7 nitrogen and oxygen atoms in total. The Kier molecular flexibility index (Phi) is 10.4. The van der Waals surface area contributed by atoms with Crippen molar-refractivity contribution in [1.82, 2.24) is 0 Å². The largest absolute Gasteiger partial charge is 0.457 e. The van der Waals surface area contributed by atoms with E-state index >= 15 is 0 Å². The maximum absolute atomic E-state index is 12.7. The maximum atomic E-state index is 12.7. The van der Waals surface area contributed by atoms with Crippen LogP contribution in [-0.4, -0.2) is 26.4 Å². The molecule has 2 rings (SSSR count). The van der Waals surface area contributed by atoms with Crippen molar-refractivity contribution in [3.05, 3.63) is 59.7 Å². The molecule has 172 valence electrons. The first kappa shape index (κ1) is 25.8. The standard InChI is InChI=1S/C22H32O7P2/c1-5-25-30(23,26-6-2)17-19-9-13-21(14-10-19)29-22-15-11-20(12-16-22)18-31(24,27-7-3)28-8-4/h9-16H,5-8,17-18H2,1-4H3. The molecular formula is C22H32O7P2. The van der Waals surface area contributed by atoms with E-state index in [0.717, 1.165) is 11.1 Å². The van der Waals surface area contributed by atoms with E-state index in [1.807, 2.05) is 48.5 Å². The van der Waals surface area contributed by atoms with Gasteiger partial charge in [0, 0.05) is 0 Å². The molecule has 0 N–H and O–H groups in total. The molecule has 0 aliphatic rings. The number of ether oxygens (including phenoxy) is 1. The lowest BCUT2D eigenvalue weighted by Crippen LogP contribution is -1.99. The number of benzene rings is 2. The van der Waals surface area contributed by atoms with E-state index in [4.69, 9.17) is 22.8 Å². The molecule has 9 heteroatoms. The minimum atomic E-state index is -3.14. The van der Waals surface area contributed by atoms with Crippen LogP contribution in [0.15, 0.2) is 48.5 Å². The Bertz CT molecular complexity index is 788. The molecule has 0 spiro atoms. The van der Waals surface area contributed by atoms with Crippen molar-refractivity contribution in [1.29, 1.82) is 0 Å². The van der Waals surface area contributed by atoms with Gasteiger partial charge in [0.2, 0.25) is 0 Å². The van der Waals surface area contributed by atoms with Crippen molar-refractivity contribution >= 4 is 15.2 Å². The zero-order chi connectivity index (χ0) is 22.7. The van der Waals surface area contributed by atoms with Gasteiger partial charge in [0.05, 0.1) is 38.8 Å². The van der Waals surface area contributed by atoms with Crippen molar-refractivity contribution < 1.29 is 32.0 Å². The Hall–Kier alpha value is -1.46. The van der Waals surface area contributed by atoms with Gasteiger partial charge in [0.1, 0.15) is 11.5 Å². The van der Waals surface area contributed by atoms with Crippen LogP contribution in [0.5, 0.6) is 11.5 Å². The number of hydrogen-bond donors (Lipinski definition) is 0. The van der Waals surface area contributed by atoms with Crippen LogP contribution in [0.25, 0.3) is 0 Å². The lowest BCUT2D eigenvalue weighted by atomic mass is 10.2. The first-order valence-electron chi connectivity index (χ1n) is 10.5. The predicted molar refractivity (Wildman–Crippen MR) is 122 cm³/mol. The summed E-state index contributed by atoms with van der Waals surface area (Å²) < 4.78 is 52.6. The van der Waals surface area contributed by atoms with Gasteiger partial charge in [0.15, 0.2) is 0 Å². The molecule has 0 atom stereocenters. The highest BCUT2D eigenvalue weighted by Gasteiger charge is 2.25. The van der Waals surface area contributed by atoms with E-state index in [2.05, 4.69) is 0 Å². The Balaban J connectivity index is 2.00. The SMILES string of the molecule is CCOP(=O)(Cc1ccc(Oc2ccc(CP(=O)(OCC)OCC)cc2)cc1)OCC. The van der Waals surface area contributed by atoms with E-state index in [9.17, 15) is 9.13 Å². The summed E-state index contributed by atoms with van der Waals surface area (Å²) in [5.74, 6) is 1.29. The van der Waals surface area contributed by atoms with Crippen molar-refractivity contribution in [3.63, 3.8) is 0 Å². The molecular weight excluding hydrogens is 438 g/mol. The molecule has 0 aliphatic carbocycles. The summed E-state index contributed by atoms with van der Waals surface area (Å²) >= 11 is 0. The van der Waals surface area contributed by atoms with Gasteiger partial charge in [-0.1, -0.05) is 24.3 Å². The van der Waals surface area contributed by atoms with E-state index in [1.165, 1.54) is 0 Å². The van der Waals surface area contributed by atoms with Crippen molar-refractivity contribution in [2.24, 2.45) is 0 Å². The van der Waals surface area contributed by atoms with E-state index < -0.39 is 15.2 Å². The van der Waals surface area contributed by atoms with Crippen LogP contribution >= 0.6 is 15.2 Å². The molecule has 0 heterocycles. The molecule has 2 aromatic rings. The molecule has 2 aromatic carbocycles. The van der Waals surface area contributed by atoms with Gasteiger partial charge >= 0.3 is 15.2 Å². The molecule has 0 fully saturated rings. The third kappa shape index (κ3) is 8.53. The maximum Gasteiger partial charge on any atom is 0.335 e. The Labute approximate surface area is 185 Å². The molecule has 0 aromatic heterocycles. The third-order valence-electron chi connectivity index (χ3n) is 4.14. The second-order valence-electron chi connectivity index (χ2n) is 6.60. The van der Waals surface area contributed by atoms with Gasteiger partial charge in [-0.15, -0.1) is 0 Å². The predicted octanol–water partition coefficient (Wildman–Crippen LogP) is 7.01. The normalized spacial score (nSPS) is 12.1. The quantitative estimate of drug-likeness (QED) is 0.275. The second kappa shape index (κ2) is 12.5. The fourth-order valence-corrected chi connectivity index (χ4v) is 6.36. The summed E-state index contributed by atoms with van der Waals surface area (Å²) in [5.41, 5.74) is 1.69. The van der Waals surface area contributed by atoms with Gasteiger partial charge in [0.25, 0.3) is 0 Å². The summed E-state index contributed by atoms with van der Waals surface area (Å²) in [6.45, 7) is 8.50.